The Labute approximate surface area is 170 Å². The Morgan fingerprint density at radius 1 is 1.17 bits per heavy atom. The number of nitrogens with zero attached hydrogens (tertiary/aromatic N) is 2. The van der Waals surface area contributed by atoms with Crippen LogP contribution >= 0.6 is 0 Å². The molecule has 4 rings (SSSR count). The number of pyridine rings is 2. The Morgan fingerprint density at radius 3 is 2.83 bits per heavy atom. The molecule has 3 aromatic rings. The molecule has 5 heteroatoms. The molecule has 148 valence electrons. The van der Waals surface area contributed by atoms with Gasteiger partial charge in [-0.05, 0) is 43.5 Å². The number of aromatic amines is 1. The summed E-state index contributed by atoms with van der Waals surface area (Å²) in [5.41, 5.74) is 4.93. The SMILES string of the molecule is Cc1cccc(Cc2cccc([C@@H]3CCCN(C(=O)c4ccc(=O)[nH]c4)C3)n2)c1. The van der Waals surface area contributed by atoms with Crippen LogP contribution in [0.1, 0.15) is 51.6 Å². The maximum atomic E-state index is 12.8. The molecule has 1 fully saturated rings. The molecule has 1 aliphatic heterocycles. The van der Waals surface area contributed by atoms with Gasteiger partial charge in [0.2, 0.25) is 5.56 Å². The van der Waals surface area contributed by atoms with E-state index in [1.807, 2.05) is 4.90 Å². The van der Waals surface area contributed by atoms with E-state index < -0.39 is 0 Å². The summed E-state index contributed by atoms with van der Waals surface area (Å²) >= 11 is 0. The highest BCUT2D eigenvalue weighted by Crippen LogP contribution is 2.27. The van der Waals surface area contributed by atoms with Gasteiger partial charge in [-0.1, -0.05) is 35.9 Å². The molecule has 0 bridgehead atoms. The highest BCUT2D eigenvalue weighted by Gasteiger charge is 2.26. The lowest BCUT2D eigenvalue weighted by atomic mass is 9.93. The average Bonchev–Trinajstić information content (AvgIpc) is 2.74. The monoisotopic (exact) mass is 387 g/mol. The molecule has 0 spiro atoms. The molecule has 3 heterocycles. The van der Waals surface area contributed by atoms with Crippen LogP contribution in [0.5, 0.6) is 0 Å². The van der Waals surface area contributed by atoms with E-state index in [2.05, 4.69) is 54.4 Å². The number of hydrogen-bond acceptors (Lipinski definition) is 3. The van der Waals surface area contributed by atoms with Gasteiger partial charge >= 0.3 is 0 Å². The third-order valence-corrected chi connectivity index (χ3v) is 5.45. The molecular formula is C24H25N3O2. The third-order valence-electron chi connectivity index (χ3n) is 5.45. The van der Waals surface area contributed by atoms with Gasteiger partial charge in [0.1, 0.15) is 0 Å². The molecular weight excluding hydrogens is 362 g/mol. The van der Waals surface area contributed by atoms with Crippen molar-refractivity contribution in [2.75, 3.05) is 13.1 Å². The number of carbonyl (C=O) groups is 1. The Balaban J connectivity index is 1.48. The summed E-state index contributed by atoms with van der Waals surface area (Å²) in [7, 11) is 0. The zero-order valence-electron chi connectivity index (χ0n) is 16.6. The first kappa shape index (κ1) is 19.1. The minimum atomic E-state index is -0.201. The largest absolute Gasteiger partial charge is 0.338 e. The van der Waals surface area contributed by atoms with Crippen LogP contribution in [0.3, 0.4) is 0 Å². The lowest BCUT2D eigenvalue weighted by molar-refractivity contribution is 0.0705. The first-order chi connectivity index (χ1) is 14.1. The molecule has 1 aliphatic rings. The molecule has 5 nitrogen and oxygen atoms in total. The third kappa shape index (κ3) is 4.62. The molecule has 0 radical (unpaired) electrons. The van der Waals surface area contributed by atoms with Crippen molar-refractivity contribution >= 4 is 5.91 Å². The van der Waals surface area contributed by atoms with Crippen LogP contribution < -0.4 is 5.56 Å². The number of hydrogen-bond donors (Lipinski definition) is 1. The van der Waals surface area contributed by atoms with Gasteiger partial charge in [-0.2, -0.15) is 0 Å². The fraction of sp³-hybridized carbons (Fsp3) is 0.292. The fourth-order valence-electron chi connectivity index (χ4n) is 3.98. The number of rotatable bonds is 4. The number of nitrogens with one attached hydrogen (secondary N) is 1. The predicted octanol–water partition coefficient (Wildman–Crippen LogP) is 3.69. The van der Waals surface area contributed by atoms with Crippen molar-refractivity contribution < 1.29 is 4.79 Å². The molecule has 1 atom stereocenters. The Morgan fingerprint density at radius 2 is 2.03 bits per heavy atom. The van der Waals surface area contributed by atoms with Gasteiger partial charge in [0, 0.05) is 49.1 Å². The summed E-state index contributed by atoms with van der Waals surface area (Å²) in [6.45, 7) is 3.49. The molecule has 29 heavy (non-hydrogen) atoms. The molecule has 1 saturated heterocycles. The first-order valence-electron chi connectivity index (χ1n) is 10.1. The van der Waals surface area contributed by atoms with Gasteiger partial charge in [0.05, 0.1) is 5.56 Å². The fourth-order valence-corrected chi connectivity index (χ4v) is 3.98. The van der Waals surface area contributed by atoms with Crippen LogP contribution in [0, 0.1) is 6.92 Å². The van der Waals surface area contributed by atoms with E-state index in [1.165, 1.54) is 23.4 Å². The van der Waals surface area contributed by atoms with E-state index >= 15 is 0 Å². The van der Waals surface area contributed by atoms with Crippen LogP contribution in [0.2, 0.25) is 0 Å². The minimum Gasteiger partial charge on any atom is -0.338 e. The summed E-state index contributed by atoms with van der Waals surface area (Å²) in [6, 6.07) is 17.7. The zero-order valence-corrected chi connectivity index (χ0v) is 16.6. The number of piperidine rings is 1. The second kappa shape index (κ2) is 8.43. The minimum absolute atomic E-state index is 0.0399. The van der Waals surface area contributed by atoms with Crippen LogP contribution in [0.25, 0.3) is 0 Å². The molecule has 1 aromatic carbocycles. The van der Waals surface area contributed by atoms with E-state index in [0.29, 0.717) is 12.1 Å². The van der Waals surface area contributed by atoms with Gasteiger partial charge < -0.3 is 9.88 Å². The summed E-state index contributed by atoms with van der Waals surface area (Å²) < 4.78 is 0. The van der Waals surface area contributed by atoms with Gasteiger partial charge in [0.25, 0.3) is 5.91 Å². The van der Waals surface area contributed by atoms with Gasteiger partial charge in [-0.15, -0.1) is 0 Å². The van der Waals surface area contributed by atoms with Gasteiger partial charge in [-0.3, -0.25) is 14.6 Å². The lowest BCUT2D eigenvalue weighted by Gasteiger charge is -2.32. The number of H-pyrrole nitrogens is 1. The number of carbonyl (C=O) groups excluding carboxylic acids is 1. The number of benzene rings is 1. The topological polar surface area (TPSA) is 66.1 Å². The quantitative estimate of drug-likeness (QED) is 0.742. The molecule has 0 saturated carbocycles. The van der Waals surface area contributed by atoms with E-state index in [9.17, 15) is 9.59 Å². The maximum absolute atomic E-state index is 12.8. The zero-order chi connectivity index (χ0) is 20.2. The molecule has 2 aromatic heterocycles. The average molecular weight is 387 g/mol. The lowest BCUT2D eigenvalue weighted by Crippen LogP contribution is -2.39. The van der Waals surface area contributed by atoms with Crippen molar-refractivity contribution in [1.82, 2.24) is 14.9 Å². The summed E-state index contributed by atoms with van der Waals surface area (Å²) in [5.74, 6) is 0.190. The Bertz CT molecular complexity index is 1050. The molecule has 1 amide bonds. The highest BCUT2D eigenvalue weighted by molar-refractivity contribution is 5.94. The van der Waals surface area contributed by atoms with Crippen molar-refractivity contribution in [2.24, 2.45) is 0 Å². The Hall–Kier alpha value is -3.21. The van der Waals surface area contributed by atoms with E-state index in [-0.39, 0.29) is 17.4 Å². The highest BCUT2D eigenvalue weighted by atomic mass is 16.2. The smallest absolute Gasteiger partial charge is 0.255 e. The molecule has 0 aliphatic carbocycles. The van der Waals surface area contributed by atoms with Crippen LogP contribution in [0.15, 0.2) is 65.6 Å². The molecule has 0 unspecified atom stereocenters. The maximum Gasteiger partial charge on any atom is 0.255 e. The van der Waals surface area contributed by atoms with Gasteiger partial charge in [0.15, 0.2) is 0 Å². The second-order valence-corrected chi connectivity index (χ2v) is 7.75. The van der Waals surface area contributed by atoms with Crippen molar-refractivity contribution in [1.29, 1.82) is 0 Å². The number of aromatic nitrogens is 2. The van der Waals surface area contributed by atoms with E-state index in [4.69, 9.17) is 4.98 Å². The van der Waals surface area contributed by atoms with Crippen molar-refractivity contribution in [3.8, 4) is 0 Å². The van der Waals surface area contributed by atoms with E-state index in [1.54, 1.807) is 6.07 Å². The molecule has 1 N–H and O–H groups in total. The number of aryl methyl sites for hydroxylation is 1. The van der Waals surface area contributed by atoms with Crippen molar-refractivity contribution in [3.63, 3.8) is 0 Å². The first-order valence-corrected chi connectivity index (χ1v) is 10.1. The van der Waals surface area contributed by atoms with E-state index in [0.717, 1.165) is 37.2 Å². The Kier molecular flexibility index (Phi) is 5.56. The van der Waals surface area contributed by atoms with Crippen molar-refractivity contribution in [3.05, 3.63) is 99.2 Å². The second-order valence-electron chi connectivity index (χ2n) is 7.75. The van der Waals surface area contributed by atoms with Gasteiger partial charge in [-0.25, -0.2) is 0 Å². The van der Waals surface area contributed by atoms with Crippen LogP contribution in [-0.4, -0.2) is 33.9 Å². The van der Waals surface area contributed by atoms with Crippen LogP contribution in [-0.2, 0) is 6.42 Å². The normalized spacial score (nSPS) is 16.6. The number of amides is 1. The standard InChI is InChI=1S/C24H25N3O2/c1-17-5-2-6-18(13-17)14-21-8-3-9-22(26-21)20-7-4-12-27(16-20)24(29)19-10-11-23(28)25-15-19/h2-3,5-6,8-11,13,15,20H,4,7,12,14,16H2,1H3,(H,25,28)/t20-/m1/s1. The van der Waals surface area contributed by atoms with Crippen LogP contribution in [0.4, 0.5) is 0 Å². The predicted molar refractivity (Wildman–Crippen MR) is 113 cm³/mol. The number of likely N-dealkylation sites (tertiary alicyclic amines) is 1. The van der Waals surface area contributed by atoms with Crippen molar-refractivity contribution in [2.45, 2.75) is 32.1 Å². The summed E-state index contributed by atoms with van der Waals surface area (Å²) in [4.78, 5) is 33.4. The summed E-state index contributed by atoms with van der Waals surface area (Å²) in [6.07, 6.45) is 4.27. The summed E-state index contributed by atoms with van der Waals surface area (Å²) in [5, 5.41) is 0.